The zero-order valence-electron chi connectivity index (χ0n) is 8.42. The molecule has 1 aromatic rings. The van der Waals surface area contributed by atoms with Crippen molar-refractivity contribution in [3.63, 3.8) is 0 Å². The van der Waals surface area contributed by atoms with Crippen LogP contribution in [0.15, 0.2) is 21.8 Å². The van der Waals surface area contributed by atoms with Crippen LogP contribution in [0.2, 0.25) is 0 Å². The van der Waals surface area contributed by atoms with Crippen LogP contribution in [0.5, 0.6) is 0 Å². The smallest absolute Gasteiger partial charge is 0.0989 e. The Morgan fingerprint density at radius 2 is 2.36 bits per heavy atom. The Morgan fingerprint density at radius 3 is 3.00 bits per heavy atom. The lowest BCUT2D eigenvalue weighted by Gasteiger charge is -2.04. The van der Waals surface area contributed by atoms with Gasteiger partial charge in [-0.2, -0.15) is 0 Å². The van der Waals surface area contributed by atoms with E-state index >= 15 is 0 Å². The Labute approximate surface area is 97.6 Å². The maximum Gasteiger partial charge on any atom is 0.0989 e. The number of nitrogens with zero attached hydrogens (tertiary/aromatic N) is 1. The molecule has 0 atom stereocenters. The van der Waals surface area contributed by atoms with Crippen molar-refractivity contribution in [1.82, 2.24) is 4.98 Å². The monoisotopic (exact) mass is 275 g/mol. The zero-order valence-corrected chi connectivity index (χ0v) is 10.8. The zero-order chi connectivity index (χ0) is 10.4. The molecule has 1 aromatic heterocycles. The Kier molecular flexibility index (Phi) is 5.52. The molecule has 1 rings (SSSR count). The summed E-state index contributed by atoms with van der Waals surface area (Å²) >= 11 is 5.18. The second kappa shape index (κ2) is 6.43. The Balaban J connectivity index is 2.42. The van der Waals surface area contributed by atoms with Gasteiger partial charge in [0.1, 0.15) is 0 Å². The van der Waals surface area contributed by atoms with Gasteiger partial charge in [0, 0.05) is 30.1 Å². The number of halogens is 1. The largest absolute Gasteiger partial charge is 0.385 e. The van der Waals surface area contributed by atoms with Gasteiger partial charge in [0.2, 0.25) is 0 Å². The average molecular weight is 276 g/mol. The van der Waals surface area contributed by atoms with E-state index in [9.17, 15) is 0 Å². The Morgan fingerprint density at radius 1 is 1.57 bits per heavy atom. The fourth-order valence-corrected chi connectivity index (χ4v) is 2.37. The van der Waals surface area contributed by atoms with Gasteiger partial charge in [-0.1, -0.05) is 0 Å². The van der Waals surface area contributed by atoms with E-state index < -0.39 is 0 Å². The third kappa shape index (κ3) is 3.98. The molecule has 0 saturated carbocycles. The summed E-state index contributed by atoms with van der Waals surface area (Å²) in [5, 5.41) is 1.12. The molecule has 0 amide bonds. The minimum absolute atomic E-state index is 0.822. The lowest BCUT2D eigenvalue weighted by molar-refractivity contribution is 0.200. The van der Waals surface area contributed by atoms with Gasteiger partial charge in [0.15, 0.2) is 0 Å². The molecule has 0 unspecified atom stereocenters. The highest BCUT2D eigenvalue weighted by Crippen LogP contribution is 2.22. The van der Waals surface area contributed by atoms with Crippen molar-refractivity contribution < 1.29 is 4.74 Å². The Hall–Kier alpha value is -0.0600. The first-order valence-electron chi connectivity index (χ1n) is 4.48. The minimum atomic E-state index is 0.822. The molecule has 0 radical (unpaired) electrons. The van der Waals surface area contributed by atoms with Crippen LogP contribution in [0.1, 0.15) is 12.0 Å². The molecule has 0 spiro atoms. The summed E-state index contributed by atoms with van der Waals surface area (Å²) in [6.07, 6.45) is 2.91. The van der Waals surface area contributed by atoms with Crippen LogP contribution in [0, 0.1) is 6.92 Å². The molecule has 0 N–H and O–H groups in total. The van der Waals surface area contributed by atoms with Crippen LogP contribution in [0.3, 0.4) is 0 Å². The number of ether oxygens (including phenoxy) is 1. The van der Waals surface area contributed by atoms with Gasteiger partial charge in [-0.25, -0.2) is 4.98 Å². The summed E-state index contributed by atoms with van der Waals surface area (Å²) in [6.45, 7) is 2.90. The SMILES string of the molecule is COCCCSc1ncc(Br)cc1C. The van der Waals surface area contributed by atoms with Crippen LogP contribution in [0.4, 0.5) is 0 Å². The van der Waals surface area contributed by atoms with Crippen LogP contribution in [-0.2, 0) is 4.74 Å². The van der Waals surface area contributed by atoms with Gasteiger partial charge >= 0.3 is 0 Å². The first-order valence-corrected chi connectivity index (χ1v) is 6.26. The van der Waals surface area contributed by atoms with E-state index in [2.05, 4.69) is 33.9 Å². The van der Waals surface area contributed by atoms with Crippen molar-refractivity contribution in [3.05, 3.63) is 22.3 Å². The number of pyridine rings is 1. The lowest BCUT2D eigenvalue weighted by atomic mass is 10.3. The second-order valence-electron chi connectivity index (χ2n) is 2.97. The lowest BCUT2D eigenvalue weighted by Crippen LogP contribution is -1.92. The first kappa shape index (κ1) is 12.0. The molecule has 14 heavy (non-hydrogen) atoms. The number of aryl methyl sites for hydroxylation is 1. The van der Waals surface area contributed by atoms with E-state index in [-0.39, 0.29) is 0 Å². The fourth-order valence-electron chi connectivity index (χ4n) is 1.05. The van der Waals surface area contributed by atoms with Crippen LogP contribution in [-0.4, -0.2) is 24.5 Å². The van der Waals surface area contributed by atoms with Crippen LogP contribution < -0.4 is 0 Å². The molecule has 4 heteroatoms. The molecule has 0 aliphatic carbocycles. The van der Waals surface area contributed by atoms with Crippen molar-refractivity contribution in [1.29, 1.82) is 0 Å². The van der Waals surface area contributed by atoms with Gasteiger partial charge in [-0.15, -0.1) is 11.8 Å². The summed E-state index contributed by atoms with van der Waals surface area (Å²) < 4.78 is 6.03. The summed E-state index contributed by atoms with van der Waals surface area (Å²) in [7, 11) is 1.73. The van der Waals surface area contributed by atoms with Gasteiger partial charge in [-0.05, 0) is 40.9 Å². The third-order valence-electron chi connectivity index (χ3n) is 1.73. The molecule has 2 nitrogen and oxygen atoms in total. The van der Waals surface area contributed by atoms with E-state index in [1.165, 1.54) is 5.56 Å². The molecule has 0 aromatic carbocycles. The Bertz CT molecular complexity index is 293. The van der Waals surface area contributed by atoms with E-state index in [1.54, 1.807) is 18.9 Å². The van der Waals surface area contributed by atoms with Gasteiger partial charge in [0.05, 0.1) is 5.03 Å². The molecule has 1 heterocycles. The summed E-state index contributed by atoms with van der Waals surface area (Å²) in [4.78, 5) is 4.35. The number of aromatic nitrogens is 1. The number of rotatable bonds is 5. The van der Waals surface area contributed by atoms with Crippen molar-refractivity contribution in [2.24, 2.45) is 0 Å². The minimum Gasteiger partial charge on any atom is -0.385 e. The van der Waals surface area contributed by atoms with Crippen LogP contribution in [0.25, 0.3) is 0 Å². The van der Waals surface area contributed by atoms with E-state index in [0.29, 0.717) is 0 Å². The summed E-state index contributed by atoms with van der Waals surface area (Å²) in [5.74, 6) is 1.06. The summed E-state index contributed by atoms with van der Waals surface area (Å²) in [5.41, 5.74) is 1.22. The molecular formula is C10H14BrNOS. The van der Waals surface area contributed by atoms with Crippen molar-refractivity contribution in [3.8, 4) is 0 Å². The molecule has 0 fully saturated rings. The van der Waals surface area contributed by atoms with Crippen molar-refractivity contribution in [2.45, 2.75) is 18.4 Å². The maximum absolute atomic E-state index is 4.99. The highest BCUT2D eigenvalue weighted by molar-refractivity contribution is 9.10. The highest BCUT2D eigenvalue weighted by atomic mass is 79.9. The number of hydrogen-bond donors (Lipinski definition) is 0. The number of thioether (sulfide) groups is 1. The fraction of sp³-hybridized carbons (Fsp3) is 0.500. The van der Waals surface area contributed by atoms with E-state index in [0.717, 1.165) is 28.3 Å². The molecule has 0 aliphatic rings. The van der Waals surface area contributed by atoms with Crippen LogP contribution >= 0.6 is 27.7 Å². The summed E-state index contributed by atoms with van der Waals surface area (Å²) in [6, 6.07) is 2.09. The maximum atomic E-state index is 4.99. The molecular weight excluding hydrogens is 262 g/mol. The predicted molar refractivity (Wildman–Crippen MR) is 63.9 cm³/mol. The quantitative estimate of drug-likeness (QED) is 0.608. The molecule has 78 valence electrons. The van der Waals surface area contributed by atoms with Crippen molar-refractivity contribution >= 4 is 27.7 Å². The van der Waals surface area contributed by atoms with Gasteiger partial charge in [-0.3, -0.25) is 0 Å². The van der Waals surface area contributed by atoms with Gasteiger partial charge < -0.3 is 4.74 Å². The first-order chi connectivity index (χ1) is 6.74. The predicted octanol–water partition coefficient (Wildman–Crippen LogP) is 3.28. The number of hydrogen-bond acceptors (Lipinski definition) is 3. The number of methoxy groups -OCH3 is 1. The van der Waals surface area contributed by atoms with E-state index in [1.807, 2.05) is 6.20 Å². The highest BCUT2D eigenvalue weighted by Gasteiger charge is 2.00. The molecule has 0 bridgehead atoms. The van der Waals surface area contributed by atoms with Gasteiger partial charge in [0.25, 0.3) is 0 Å². The topological polar surface area (TPSA) is 22.1 Å². The normalized spacial score (nSPS) is 10.5. The van der Waals surface area contributed by atoms with E-state index in [4.69, 9.17) is 4.74 Å². The molecule has 0 aliphatic heterocycles. The third-order valence-corrected chi connectivity index (χ3v) is 3.36. The van der Waals surface area contributed by atoms with Crippen molar-refractivity contribution in [2.75, 3.05) is 19.5 Å². The standard InChI is InChI=1S/C10H14BrNOS/c1-8-6-9(11)7-12-10(8)14-5-3-4-13-2/h6-7H,3-5H2,1-2H3. The molecule has 0 saturated heterocycles. The average Bonchev–Trinajstić information content (AvgIpc) is 2.15. The second-order valence-corrected chi connectivity index (χ2v) is 4.97.